The number of carbonyl (C=O) groups is 2. The van der Waals surface area contributed by atoms with Crippen LogP contribution >= 0.6 is 0 Å². The largest absolute Gasteiger partial charge is 0.315 e. The third-order valence-corrected chi connectivity index (χ3v) is 3.61. The zero-order valence-electron chi connectivity index (χ0n) is 11.7. The smallest absolute Gasteiger partial charge is 0.227 e. The van der Waals surface area contributed by atoms with Crippen LogP contribution in [0, 0.1) is 0 Å². The third-order valence-electron chi connectivity index (χ3n) is 3.61. The Labute approximate surface area is 113 Å². The van der Waals surface area contributed by atoms with Gasteiger partial charge in [0.15, 0.2) is 5.78 Å². The van der Waals surface area contributed by atoms with Gasteiger partial charge in [0.05, 0.1) is 6.04 Å². The van der Waals surface area contributed by atoms with Crippen molar-refractivity contribution in [3.8, 4) is 0 Å². The normalized spacial score (nSPS) is 16.2. The molecule has 0 fully saturated rings. The van der Waals surface area contributed by atoms with Gasteiger partial charge in [0.25, 0.3) is 0 Å². The van der Waals surface area contributed by atoms with Crippen molar-refractivity contribution in [1.82, 2.24) is 5.32 Å². The lowest BCUT2D eigenvalue weighted by Gasteiger charge is -2.26. The molecule has 1 aromatic carbocycles. The van der Waals surface area contributed by atoms with Gasteiger partial charge in [-0.05, 0) is 43.7 Å². The highest BCUT2D eigenvalue weighted by Crippen LogP contribution is 2.27. The second-order valence-corrected chi connectivity index (χ2v) is 4.94. The maximum absolute atomic E-state index is 12.2. The van der Waals surface area contributed by atoms with Gasteiger partial charge in [-0.15, -0.1) is 0 Å². The van der Waals surface area contributed by atoms with E-state index in [1.807, 2.05) is 32.0 Å². The first-order valence-corrected chi connectivity index (χ1v) is 6.71. The van der Waals surface area contributed by atoms with Crippen LogP contribution in [-0.2, 0) is 11.2 Å². The average Bonchev–Trinajstić information content (AvgIpc) is 2.42. The first-order valence-electron chi connectivity index (χ1n) is 6.71. The second-order valence-electron chi connectivity index (χ2n) is 4.94. The summed E-state index contributed by atoms with van der Waals surface area (Å²) >= 11 is 0. The molecule has 4 heteroatoms. The van der Waals surface area contributed by atoms with Crippen molar-refractivity contribution in [2.45, 2.75) is 32.7 Å². The van der Waals surface area contributed by atoms with E-state index in [-0.39, 0.29) is 17.7 Å². The van der Waals surface area contributed by atoms with E-state index in [4.69, 9.17) is 0 Å². The Hall–Kier alpha value is -1.68. The highest BCUT2D eigenvalue weighted by molar-refractivity contribution is 6.02. The molecule has 0 spiro atoms. The van der Waals surface area contributed by atoms with Crippen molar-refractivity contribution >= 4 is 17.4 Å². The maximum Gasteiger partial charge on any atom is 0.227 e. The summed E-state index contributed by atoms with van der Waals surface area (Å²) < 4.78 is 0. The molecule has 0 aliphatic carbocycles. The van der Waals surface area contributed by atoms with Crippen molar-refractivity contribution < 1.29 is 9.59 Å². The first kappa shape index (κ1) is 13.7. The lowest BCUT2D eigenvalue weighted by atomic mass is 9.96. The number of carbonyl (C=O) groups excluding carboxylic acids is 2. The van der Waals surface area contributed by atoms with Crippen LogP contribution in [0.2, 0.25) is 0 Å². The Morgan fingerprint density at radius 1 is 1.42 bits per heavy atom. The molecule has 1 heterocycles. The van der Waals surface area contributed by atoms with Crippen molar-refractivity contribution in [2.24, 2.45) is 0 Å². The number of fused-ring (bicyclic) bond motifs is 1. The Morgan fingerprint density at radius 2 is 2.16 bits per heavy atom. The summed E-state index contributed by atoms with van der Waals surface area (Å²) in [4.78, 5) is 25.5. The molecule has 1 amide bonds. The molecule has 0 saturated carbocycles. The molecule has 102 valence electrons. The summed E-state index contributed by atoms with van der Waals surface area (Å²) in [6.45, 7) is 4.63. The van der Waals surface area contributed by atoms with Crippen molar-refractivity contribution in [3.63, 3.8) is 0 Å². The van der Waals surface area contributed by atoms with Gasteiger partial charge < -0.3 is 10.2 Å². The van der Waals surface area contributed by atoms with Gasteiger partial charge in [0.2, 0.25) is 5.91 Å². The highest BCUT2D eigenvalue weighted by Gasteiger charge is 2.22. The molecule has 1 N–H and O–H groups in total. The van der Waals surface area contributed by atoms with Crippen LogP contribution in [0.1, 0.15) is 36.2 Å². The minimum absolute atomic E-state index is 0.101. The zero-order chi connectivity index (χ0) is 14.0. The van der Waals surface area contributed by atoms with E-state index in [0.29, 0.717) is 6.42 Å². The first-order chi connectivity index (χ1) is 9.04. The van der Waals surface area contributed by atoms with Crippen LogP contribution in [0.5, 0.6) is 0 Å². The number of likely N-dealkylation sites (N-methyl/N-ethyl adjacent to an activating group) is 1. The zero-order valence-corrected chi connectivity index (χ0v) is 11.7. The summed E-state index contributed by atoms with van der Waals surface area (Å²) in [6.07, 6.45) is 1.24. The molecular weight excluding hydrogens is 240 g/mol. The van der Waals surface area contributed by atoms with Crippen LogP contribution < -0.4 is 10.2 Å². The Balaban J connectivity index is 2.27. The third kappa shape index (κ3) is 2.68. The van der Waals surface area contributed by atoms with Gasteiger partial charge in [0, 0.05) is 24.7 Å². The standard InChI is InChI=1S/C15H20N2O2/c1-4-16-10(2)15(19)12-5-7-13-11(9-12)6-8-14(18)17(13)3/h5,7,9-10,16H,4,6,8H2,1-3H3. The van der Waals surface area contributed by atoms with Crippen LogP contribution in [0.15, 0.2) is 18.2 Å². The van der Waals surface area contributed by atoms with E-state index in [0.717, 1.165) is 29.8 Å². The van der Waals surface area contributed by atoms with Gasteiger partial charge in [-0.1, -0.05) is 6.92 Å². The number of nitrogens with zero attached hydrogens (tertiary/aromatic N) is 1. The number of Topliss-reactive ketones (excluding diaryl/α,β-unsaturated/α-hetero) is 1. The predicted octanol–water partition coefficient (Wildman–Crippen LogP) is 1.78. The number of rotatable bonds is 4. The van der Waals surface area contributed by atoms with Crippen LogP contribution in [0.25, 0.3) is 0 Å². The number of hydrogen-bond donors (Lipinski definition) is 1. The number of ketones is 1. The fourth-order valence-corrected chi connectivity index (χ4v) is 2.46. The molecule has 19 heavy (non-hydrogen) atoms. The fourth-order valence-electron chi connectivity index (χ4n) is 2.46. The van der Waals surface area contributed by atoms with Crippen molar-refractivity contribution in [2.75, 3.05) is 18.5 Å². The number of hydrogen-bond acceptors (Lipinski definition) is 3. The summed E-state index contributed by atoms with van der Waals surface area (Å²) in [5.41, 5.74) is 2.72. The molecular formula is C15H20N2O2. The quantitative estimate of drug-likeness (QED) is 0.839. The molecule has 1 atom stereocenters. The summed E-state index contributed by atoms with van der Waals surface area (Å²) in [7, 11) is 1.78. The number of amides is 1. The molecule has 1 aliphatic heterocycles. The van der Waals surface area contributed by atoms with Gasteiger partial charge in [-0.25, -0.2) is 0 Å². The fraction of sp³-hybridized carbons (Fsp3) is 0.467. The molecule has 4 nitrogen and oxygen atoms in total. The van der Waals surface area contributed by atoms with E-state index < -0.39 is 0 Å². The topological polar surface area (TPSA) is 49.4 Å². The number of anilines is 1. The van der Waals surface area contributed by atoms with Gasteiger partial charge in [-0.2, -0.15) is 0 Å². The van der Waals surface area contributed by atoms with E-state index in [1.165, 1.54) is 0 Å². The second kappa shape index (κ2) is 5.53. The maximum atomic E-state index is 12.2. The van der Waals surface area contributed by atoms with Gasteiger partial charge >= 0.3 is 0 Å². The number of nitrogens with one attached hydrogen (secondary N) is 1. The van der Waals surface area contributed by atoms with E-state index in [9.17, 15) is 9.59 Å². The van der Waals surface area contributed by atoms with Crippen LogP contribution in [0.4, 0.5) is 5.69 Å². The predicted molar refractivity (Wildman–Crippen MR) is 75.6 cm³/mol. The Kier molecular flexibility index (Phi) is 4.00. The van der Waals surface area contributed by atoms with E-state index in [1.54, 1.807) is 11.9 Å². The molecule has 0 saturated heterocycles. The molecule has 2 rings (SSSR count). The molecule has 0 aromatic heterocycles. The molecule has 1 aromatic rings. The summed E-state index contributed by atoms with van der Waals surface area (Å²) in [6, 6.07) is 5.43. The molecule has 1 unspecified atom stereocenters. The van der Waals surface area contributed by atoms with Gasteiger partial charge in [0.1, 0.15) is 0 Å². The molecule has 0 radical (unpaired) electrons. The molecule has 0 bridgehead atoms. The Morgan fingerprint density at radius 3 is 2.84 bits per heavy atom. The number of benzene rings is 1. The minimum atomic E-state index is -0.175. The Bertz CT molecular complexity index is 511. The molecule has 1 aliphatic rings. The van der Waals surface area contributed by atoms with E-state index in [2.05, 4.69) is 5.32 Å². The van der Waals surface area contributed by atoms with E-state index >= 15 is 0 Å². The SMILES string of the molecule is CCNC(C)C(=O)c1ccc2c(c1)CCC(=O)N2C. The monoisotopic (exact) mass is 260 g/mol. The minimum Gasteiger partial charge on any atom is -0.315 e. The van der Waals surface area contributed by atoms with Crippen LogP contribution in [0.3, 0.4) is 0 Å². The summed E-state index contributed by atoms with van der Waals surface area (Å²) in [5, 5.41) is 3.13. The summed E-state index contributed by atoms with van der Waals surface area (Å²) in [5.74, 6) is 0.233. The van der Waals surface area contributed by atoms with Gasteiger partial charge in [-0.3, -0.25) is 9.59 Å². The average molecular weight is 260 g/mol. The van der Waals surface area contributed by atoms with Crippen molar-refractivity contribution in [1.29, 1.82) is 0 Å². The lowest BCUT2D eigenvalue weighted by Crippen LogP contribution is -2.34. The van der Waals surface area contributed by atoms with Crippen LogP contribution in [-0.4, -0.2) is 31.3 Å². The van der Waals surface area contributed by atoms with Crippen molar-refractivity contribution in [3.05, 3.63) is 29.3 Å². The highest BCUT2D eigenvalue weighted by atomic mass is 16.2. The number of aryl methyl sites for hydroxylation is 1. The lowest BCUT2D eigenvalue weighted by molar-refractivity contribution is -0.118.